The van der Waals surface area contributed by atoms with Crippen molar-refractivity contribution in [3.63, 3.8) is 0 Å². The summed E-state index contributed by atoms with van der Waals surface area (Å²) < 4.78 is 2.03. The summed E-state index contributed by atoms with van der Waals surface area (Å²) in [7, 11) is 0. The van der Waals surface area contributed by atoms with Crippen LogP contribution in [-0.4, -0.2) is 9.38 Å². The summed E-state index contributed by atoms with van der Waals surface area (Å²) in [6.45, 7) is 4.17. The maximum Gasteiger partial charge on any atom is 0.133 e. The van der Waals surface area contributed by atoms with Crippen molar-refractivity contribution in [2.24, 2.45) is 0 Å². The van der Waals surface area contributed by atoms with Gasteiger partial charge in [0.1, 0.15) is 11.8 Å². The number of nitrogens with zero attached hydrogens (tertiary/aromatic N) is 3. The van der Waals surface area contributed by atoms with Crippen molar-refractivity contribution in [2.75, 3.05) is 0 Å². The van der Waals surface area contributed by atoms with Gasteiger partial charge in [-0.2, -0.15) is 5.26 Å². The minimum atomic E-state index is 0.677. The molecule has 2 aromatic carbocycles. The topological polar surface area (TPSA) is 41.1 Å². The maximum absolute atomic E-state index is 9.61. The first-order chi connectivity index (χ1) is 10.2. The fourth-order valence-electron chi connectivity index (χ4n) is 2.96. The van der Waals surface area contributed by atoms with Gasteiger partial charge in [-0.05, 0) is 37.1 Å². The molecule has 4 rings (SSSR count). The second kappa shape index (κ2) is 4.07. The first kappa shape index (κ1) is 11.9. The zero-order valence-corrected chi connectivity index (χ0v) is 11.9. The number of hydrogen-bond donors (Lipinski definition) is 0. The van der Waals surface area contributed by atoms with Crippen LogP contribution in [0, 0.1) is 25.2 Å². The number of rotatable bonds is 0. The third-order valence-electron chi connectivity index (χ3n) is 4.19. The highest BCUT2D eigenvalue weighted by Crippen LogP contribution is 2.29. The molecule has 0 amide bonds. The van der Waals surface area contributed by atoms with Crippen LogP contribution in [0.5, 0.6) is 0 Å². The zero-order valence-electron chi connectivity index (χ0n) is 11.9. The molecule has 4 aromatic rings. The second-order valence-electron chi connectivity index (χ2n) is 5.41. The summed E-state index contributed by atoms with van der Waals surface area (Å²) >= 11 is 0. The molecule has 3 heteroatoms. The maximum atomic E-state index is 9.61. The Hall–Kier alpha value is -2.86. The molecule has 0 radical (unpaired) electrons. The van der Waals surface area contributed by atoms with E-state index in [0.717, 1.165) is 27.3 Å². The van der Waals surface area contributed by atoms with Gasteiger partial charge in [-0.3, -0.25) is 9.38 Å². The predicted molar refractivity (Wildman–Crippen MR) is 84.4 cm³/mol. The van der Waals surface area contributed by atoms with Crippen LogP contribution in [0.15, 0.2) is 42.6 Å². The minimum absolute atomic E-state index is 0.677. The lowest BCUT2D eigenvalue weighted by molar-refractivity contribution is 1.19. The zero-order chi connectivity index (χ0) is 14.6. The molecule has 0 aliphatic rings. The van der Waals surface area contributed by atoms with Crippen molar-refractivity contribution in [3.05, 3.63) is 59.4 Å². The fourth-order valence-corrected chi connectivity index (χ4v) is 2.96. The van der Waals surface area contributed by atoms with Crippen molar-refractivity contribution in [1.82, 2.24) is 9.38 Å². The van der Waals surface area contributed by atoms with E-state index >= 15 is 0 Å². The Labute approximate surface area is 122 Å². The third kappa shape index (κ3) is 1.50. The monoisotopic (exact) mass is 271 g/mol. The Kier molecular flexibility index (Phi) is 2.31. The molecule has 0 aliphatic carbocycles. The van der Waals surface area contributed by atoms with E-state index in [2.05, 4.69) is 37.0 Å². The Morgan fingerprint density at radius 2 is 1.71 bits per heavy atom. The first-order valence-corrected chi connectivity index (χ1v) is 6.90. The summed E-state index contributed by atoms with van der Waals surface area (Å²) in [6, 6.07) is 14.5. The van der Waals surface area contributed by atoms with E-state index in [1.54, 1.807) is 0 Å². The van der Waals surface area contributed by atoms with Crippen molar-refractivity contribution in [3.8, 4) is 6.07 Å². The fraction of sp³-hybridized carbons (Fsp3) is 0.111. The van der Waals surface area contributed by atoms with Gasteiger partial charge < -0.3 is 0 Å². The third-order valence-corrected chi connectivity index (χ3v) is 4.19. The van der Waals surface area contributed by atoms with Crippen LogP contribution in [0.3, 0.4) is 0 Å². The smallest absolute Gasteiger partial charge is 0.133 e. The average molecular weight is 271 g/mol. The molecule has 0 aliphatic heterocycles. The molecule has 0 spiro atoms. The second-order valence-corrected chi connectivity index (χ2v) is 5.41. The van der Waals surface area contributed by atoms with Gasteiger partial charge in [-0.25, -0.2) is 0 Å². The highest BCUT2D eigenvalue weighted by atomic mass is 14.9. The number of aromatic nitrogens is 2. The summed E-state index contributed by atoms with van der Waals surface area (Å²) in [5.41, 5.74) is 5.99. The van der Waals surface area contributed by atoms with Crippen molar-refractivity contribution in [1.29, 1.82) is 5.26 Å². The molecule has 100 valence electrons. The van der Waals surface area contributed by atoms with E-state index in [9.17, 15) is 5.26 Å². The van der Waals surface area contributed by atoms with Crippen LogP contribution in [0.1, 0.15) is 16.8 Å². The Balaban J connectivity index is 2.36. The number of aryl methyl sites for hydroxylation is 2. The van der Waals surface area contributed by atoms with E-state index < -0.39 is 0 Å². The Bertz CT molecular complexity index is 1060. The summed E-state index contributed by atoms with van der Waals surface area (Å²) in [6.07, 6.45) is 1.86. The van der Waals surface area contributed by atoms with Crippen LogP contribution >= 0.6 is 0 Å². The standard InChI is InChI=1S/C18H13N3/c1-11-7-15-16(8-12(11)2)21-17(9-19)13-5-3-4-6-14(13)18(21)10-20-15/h3-8,10H,1-2H3. The quantitative estimate of drug-likeness (QED) is 0.482. The molecule has 0 saturated heterocycles. The highest BCUT2D eigenvalue weighted by molar-refractivity contribution is 6.03. The summed E-state index contributed by atoms with van der Waals surface area (Å²) in [5, 5.41) is 11.7. The van der Waals surface area contributed by atoms with Crippen LogP contribution in [-0.2, 0) is 0 Å². The summed E-state index contributed by atoms with van der Waals surface area (Å²) in [5.74, 6) is 0. The Morgan fingerprint density at radius 3 is 2.48 bits per heavy atom. The normalized spacial score (nSPS) is 11.3. The van der Waals surface area contributed by atoms with Gasteiger partial charge >= 0.3 is 0 Å². The molecule has 21 heavy (non-hydrogen) atoms. The molecule has 3 nitrogen and oxygen atoms in total. The molecule has 0 bridgehead atoms. The number of benzene rings is 2. The predicted octanol–water partition coefficient (Wildman–Crippen LogP) is 4.13. The van der Waals surface area contributed by atoms with E-state index in [1.165, 1.54) is 11.1 Å². The lowest BCUT2D eigenvalue weighted by Crippen LogP contribution is -1.95. The van der Waals surface area contributed by atoms with Gasteiger partial charge in [-0.1, -0.05) is 24.3 Å². The molecule has 0 N–H and O–H groups in total. The van der Waals surface area contributed by atoms with E-state index in [4.69, 9.17) is 0 Å². The number of fused-ring (bicyclic) bond motifs is 5. The molecule has 0 fully saturated rings. The van der Waals surface area contributed by atoms with Crippen molar-refractivity contribution < 1.29 is 0 Å². The van der Waals surface area contributed by atoms with E-state index in [1.807, 2.05) is 34.9 Å². The molecule has 2 heterocycles. The van der Waals surface area contributed by atoms with Gasteiger partial charge in [0.25, 0.3) is 0 Å². The van der Waals surface area contributed by atoms with Gasteiger partial charge in [0.15, 0.2) is 0 Å². The van der Waals surface area contributed by atoms with Crippen LogP contribution in [0.25, 0.3) is 27.3 Å². The molecule has 0 unspecified atom stereocenters. The average Bonchev–Trinajstić information content (AvgIpc) is 2.83. The van der Waals surface area contributed by atoms with E-state index in [-0.39, 0.29) is 0 Å². The Morgan fingerprint density at radius 1 is 1.00 bits per heavy atom. The van der Waals surface area contributed by atoms with Gasteiger partial charge in [0, 0.05) is 10.8 Å². The van der Waals surface area contributed by atoms with Gasteiger partial charge in [0.2, 0.25) is 0 Å². The molecular formula is C18H13N3. The lowest BCUT2D eigenvalue weighted by Gasteiger charge is -2.07. The molecule has 0 saturated carbocycles. The van der Waals surface area contributed by atoms with Crippen molar-refractivity contribution >= 4 is 27.3 Å². The summed E-state index contributed by atoms with van der Waals surface area (Å²) in [4.78, 5) is 4.58. The first-order valence-electron chi connectivity index (χ1n) is 6.90. The van der Waals surface area contributed by atoms with Gasteiger partial charge in [0.05, 0.1) is 22.7 Å². The minimum Gasteiger partial charge on any atom is -0.297 e. The van der Waals surface area contributed by atoms with Crippen LogP contribution in [0.2, 0.25) is 0 Å². The lowest BCUT2D eigenvalue weighted by atomic mass is 10.1. The van der Waals surface area contributed by atoms with Gasteiger partial charge in [-0.15, -0.1) is 0 Å². The SMILES string of the molecule is Cc1cc2ncc3c4ccccc4c(C#N)n3c2cc1C. The molecule has 2 aromatic heterocycles. The van der Waals surface area contributed by atoms with Crippen molar-refractivity contribution in [2.45, 2.75) is 13.8 Å². The number of hydrogen-bond acceptors (Lipinski definition) is 2. The number of nitriles is 1. The largest absolute Gasteiger partial charge is 0.297 e. The highest BCUT2D eigenvalue weighted by Gasteiger charge is 2.14. The van der Waals surface area contributed by atoms with E-state index in [0.29, 0.717) is 5.69 Å². The van der Waals surface area contributed by atoms with Crippen LogP contribution < -0.4 is 0 Å². The molecule has 0 atom stereocenters. The van der Waals surface area contributed by atoms with Crippen LogP contribution in [0.4, 0.5) is 0 Å². The molecular weight excluding hydrogens is 258 g/mol.